The summed E-state index contributed by atoms with van der Waals surface area (Å²) in [6.07, 6.45) is 2.94. The quantitative estimate of drug-likeness (QED) is 0.296. The summed E-state index contributed by atoms with van der Waals surface area (Å²) in [6, 6.07) is 13.8. The second-order valence-corrected chi connectivity index (χ2v) is 12.2. The molecule has 3 aliphatic rings. The zero-order chi connectivity index (χ0) is 29.0. The van der Waals surface area contributed by atoms with Crippen LogP contribution < -0.4 is 9.47 Å². The molecule has 2 atom stereocenters. The number of nitriles is 1. The van der Waals surface area contributed by atoms with E-state index in [0.717, 1.165) is 60.7 Å². The molecule has 2 fully saturated rings. The molecule has 0 saturated carbocycles. The van der Waals surface area contributed by atoms with Crippen molar-refractivity contribution in [3.63, 3.8) is 0 Å². The van der Waals surface area contributed by atoms with Crippen LogP contribution in [0.3, 0.4) is 0 Å². The first-order valence-corrected chi connectivity index (χ1v) is 14.9. The maximum Gasteiger partial charge on any atom is 0.346 e. The maximum atomic E-state index is 14.9. The lowest BCUT2D eigenvalue weighted by Crippen LogP contribution is -2.35. The summed E-state index contributed by atoms with van der Waals surface area (Å²) >= 11 is 1.21. The Bertz CT molecular complexity index is 1730. The lowest BCUT2D eigenvalue weighted by atomic mass is 9.88. The van der Waals surface area contributed by atoms with Gasteiger partial charge in [-0.25, -0.2) is 14.2 Å². The minimum atomic E-state index is -1.33. The summed E-state index contributed by atoms with van der Waals surface area (Å²) in [6.45, 7) is 5.52. The number of imidazole rings is 1. The van der Waals surface area contributed by atoms with Gasteiger partial charge in [0.15, 0.2) is 11.5 Å². The molecule has 0 aliphatic carbocycles. The van der Waals surface area contributed by atoms with Crippen LogP contribution >= 0.6 is 11.3 Å². The van der Waals surface area contributed by atoms with Crippen LogP contribution in [0.5, 0.6) is 11.5 Å². The SMILES string of the molecule is C[C@]1(c2ccc(C#N)cc2F)Oc2cccc(C3CCN(Cc4nc5sc(C(=O)O)cc5n4C[C@@H]4CCO4)CC3)c2O1. The average molecular weight is 589 g/mol. The van der Waals surface area contributed by atoms with Gasteiger partial charge >= 0.3 is 5.97 Å². The van der Waals surface area contributed by atoms with Crippen LogP contribution in [0.2, 0.25) is 0 Å². The van der Waals surface area contributed by atoms with Crippen LogP contribution in [0.25, 0.3) is 10.3 Å². The predicted octanol–water partition coefficient (Wildman–Crippen LogP) is 5.62. The summed E-state index contributed by atoms with van der Waals surface area (Å²) in [5.74, 6) is -0.392. The highest BCUT2D eigenvalue weighted by Crippen LogP contribution is 2.49. The summed E-state index contributed by atoms with van der Waals surface area (Å²) in [5.41, 5.74) is 2.40. The molecule has 5 heterocycles. The number of carboxylic acids is 1. The van der Waals surface area contributed by atoms with Gasteiger partial charge in [-0.3, -0.25) is 4.90 Å². The number of carbonyl (C=O) groups is 1. The van der Waals surface area contributed by atoms with Gasteiger partial charge < -0.3 is 23.9 Å². The monoisotopic (exact) mass is 588 g/mol. The number of halogens is 1. The van der Waals surface area contributed by atoms with E-state index in [4.69, 9.17) is 24.5 Å². The third-order valence-electron chi connectivity index (χ3n) is 8.51. The van der Waals surface area contributed by atoms with Crippen LogP contribution in [0.1, 0.15) is 64.3 Å². The Morgan fingerprint density at radius 3 is 2.71 bits per heavy atom. The molecule has 4 aromatic rings. The highest BCUT2D eigenvalue weighted by Gasteiger charge is 2.43. The van der Waals surface area contributed by atoms with Gasteiger partial charge in [0, 0.05) is 19.1 Å². The van der Waals surface area contributed by atoms with E-state index in [0.29, 0.717) is 29.5 Å². The van der Waals surface area contributed by atoms with Crippen molar-refractivity contribution in [3.8, 4) is 17.6 Å². The molecule has 7 rings (SSSR count). The van der Waals surface area contributed by atoms with Crippen molar-refractivity contribution in [1.82, 2.24) is 14.5 Å². The second-order valence-electron chi connectivity index (χ2n) is 11.2. The molecule has 2 aromatic carbocycles. The first-order chi connectivity index (χ1) is 20.3. The molecule has 0 amide bonds. The van der Waals surface area contributed by atoms with Crippen molar-refractivity contribution in [2.75, 3.05) is 19.7 Å². The molecule has 42 heavy (non-hydrogen) atoms. The molecule has 0 spiro atoms. The zero-order valence-electron chi connectivity index (χ0n) is 23.0. The Hall–Kier alpha value is -3.98. The number of likely N-dealkylation sites (tertiary alicyclic amines) is 1. The number of benzene rings is 2. The standard InChI is InChI=1S/C31H29FN4O5S/c1-31(22-6-5-18(15-33)13-23(22)32)40-25-4-2-3-21(28(25)41-31)19-7-10-35(11-8-19)17-27-34-29-24(14-26(42-29)30(37)38)36(27)16-20-9-12-39-20/h2-6,13-14,19-20H,7-12,16-17H2,1H3,(H,37,38)/t20-,31-/m0/s1. The number of hydrogen-bond donors (Lipinski definition) is 1. The molecule has 2 saturated heterocycles. The topological polar surface area (TPSA) is 110 Å². The molecule has 3 aliphatic heterocycles. The largest absolute Gasteiger partial charge is 0.477 e. The molecule has 9 nitrogen and oxygen atoms in total. The fourth-order valence-corrected chi connectivity index (χ4v) is 7.05. The van der Waals surface area contributed by atoms with E-state index in [1.165, 1.54) is 17.4 Å². The van der Waals surface area contributed by atoms with E-state index >= 15 is 0 Å². The molecule has 1 N–H and O–H groups in total. The van der Waals surface area contributed by atoms with Crippen molar-refractivity contribution in [1.29, 1.82) is 5.26 Å². The number of piperidine rings is 1. The molecule has 0 radical (unpaired) electrons. The molecule has 0 bridgehead atoms. The van der Waals surface area contributed by atoms with Gasteiger partial charge in [0.05, 0.1) is 41.9 Å². The van der Waals surface area contributed by atoms with Gasteiger partial charge in [0.25, 0.3) is 5.79 Å². The number of aromatic nitrogens is 2. The van der Waals surface area contributed by atoms with Crippen molar-refractivity contribution >= 4 is 27.7 Å². The number of nitrogens with zero attached hydrogens (tertiary/aromatic N) is 4. The molecule has 216 valence electrons. The van der Waals surface area contributed by atoms with Gasteiger partial charge in [0.1, 0.15) is 21.3 Å². The molecular formula is C31H29FN4O5S. The Morgan fingerprint density at radius 1 is 1.21 bits per heavy atom. The molecule has 0 unspecified atom stereocenters. The highest BCUT2D eigenvalue weighted by atomic mass is 32.1. The van der Waals surface area contributed by atoms with Gasteiger partial charge in [-0.2, -0.15) is 5.26 Å². The fraction of sp³-hybridized carbons (Fsp3) is 0.387. The van der Waals surface area contributed by atoms with Crippen LogP contribution in [-0.4, -0.2) is 51.3 Å². The normalized spacial score (nSPS) is 22.3. The lowest BCUT2D eigenvalue weighted by molar-refractivity contribution is -0.0712. The molecule has 11 heteroatoms. The fourth-order valence-electron chi connectivity index (χ4n) is 6.16. The lowest BCUT2D eigenvalue weighted by Gasteiger charge is -2.33. The third kappa shape index (κ3) is 4.69. The number of carboxylic acid groups (broad SMARTS) is 1. The minimum absolute atomic E-state index is 0.130. The Morgan fingerprint density at radius 2 is 2.02 bits per heavy atom. The zero-order valence-corrected chi connectivity index (χ0v) is 23.8. The minimum Gasteiger partial charge on any atom is -0.477 e. The van der Waals surface area contributed by atoms with E-state index in [1.807, 2.05) is 18.2 Å². The van der Waals surface area contributed by atoms with Crippen LogP contribution in [0.15, 0.2) is 42.5 Å². The van der Waals surface area contributed by atoms with Crippen LogP contribution in [-0.2, 0) is 23.6 Å². The Labute approximate surface area is 245 Å². The van der Waals surface area contributed by atoms with E-state index in [1.54, 1.807) is 25.1 Å². The van der Waals surface area contributed by atoms with Crippen molar-refractivity contribution in [3.05, 3.63) is 75.7 Å². The number of aromatic carboxylic acids is 1. The third-order valence-corrected chi connectivity index (χ3v) is 9.51. The van der Waals surface area contributed by atoms with E-state index in [2.05, 4.69) is 15.5 Å². The van der Waals surface area contributed by atoms with Gasteiger partial charge in [0.2, 0.25) is 0 Å². The molecular weight excluding hydrogens is 559 g/mol. The smallest absolute Gasteiger partial charge is 0.346 e. The summed E-state index contributed by atoms with van der Waals surface area (Å²) < 4.78 is 35.2. The van der Waals surface area contributed by atoms with E-state index in [9.17, 15) is 14.3 Å². The maximum absolute atomic E-state index is 14.9. The summed E-state index contributed by atoms with van der Waals surface area (Å²) in [5, 5.41) is 18.6. The van der Waals surface area contributed by atoms with Crippen molar-refractivity contribution < 1.29 is 28.5 Å². The van der Waals surface area contributed by atoms with Crippen LogP contribution in [0.4, 0.5) is 4.39 Å². The number of rotatable bonds is 7. The second kappa shape index (κ2) is 10.4. The first kappa shape index (κ1) is 26.9. The first-order valence-electron chi connectivity index (χ1n) is 14.1. The predicted molar refractivity (Wildman–Crippen MR) is 152 cm³/mol. The number of hydrogen-bond acceptors (Lipinski definition) is 8. The number of ether oxygens (including phenoxy) is 3. The number of para-hydroxylation sites is 1. The Kier molecular flexibility index (Phi) is 6.65. The summed E-state index contributed by atoms with van der Waals surface area (Å²) in [4.78, 5) is 19.8. The summed E-state index contributed by atoms with van der Waals surface area (Å²) in [7, 11) is 0. The average Bonchev–Trinajstić information content (AvgIpc) is 3.62. The van der Waals surface area contributed by atoms with E-state index in [-0.39, 0.29) is 23.1 Å². The van der Waals surface area contributed by atoms with Crippen molar-refractivity contribution in [2.45, 2.75) is 57.1 Å². The van der Waals surface area contributed by atoms with Gasteiger partial charge in [-0.05, 0) is 68.6 Å². The number of thiophene rings is 1. The molecule has 2 aromatic heterocycles. The van der Waals surface area contributed by atoms with E-state index < -0.39 is 17.6 Å². The Balaban J connectivity index is 1.06. The highest BCUT2D eigenvalue weighted by molar-refractivity contribution is 7.20. The van der Waals surface area contributed by atoms with Crippen molar-refractivity contribution in [2.24, 2.45) is 0 Å². The van der Waals surface area contributed by atoms with Gasteiger partial charge in [-0.1, -0.05) is 12.1 Å². The number of fused-ring (bicyclic) bond motifs is 2. The van der Waals surface area contributed by atoms with Gasteiger partial charge in [-0.15, -0.1) is 11.3 Å². The van der Waals surface area contributed by atoms with Crippen LogP contribution in [0, 0.1) is 17.1 Å².